The Kier molecular flexibility index (Phi) is 5.96. The van der Waals surface area contributed by atoms with Crippen LogP contribution in [0.15, 0.2) is 70.2 Å². The van der Waals surface area contributed by atoms with Crippen molar-refractivity contribution in [3.63, 3.8) is 0 Å². The summed E-state index contributed by atoms with van der Waals surface area (Å²) in [7, 11) is 1.33. The molecular weight excluding hydrogens is 363 g/mol. The molecule has 7 heteroatoms. The zero-order chi connectivity index (χ0) is 19.9. The fourth-order valence-corrected chi connectivity index (χ4v) is 2.46. The Morgan fingerprint density at radius 1 is 1.07 bits per heavy atom. The number of halogens is 1. The number of rotatable bonds is 6. The van der Waals surface area contributed by atoms with E-state index < -0.39 is 5.97 Å². The summed E-state index contributed by atoms with van der Waals surface area (Å²) in [5.41, 5.74) is 4.31. The maximum atomic E-state index is 12.9. The predicted molar refractivity (Wildman–Crippen MR) is 101 cm³/mol. The molecule has 1 heterocycles. The zero-order valence-electron chi connectivity index (χ0n) is 15.0. The van der Waals surface area contributed by atoms with Crippen molar-refractivity contribution in [2.45, 2.75) is 6.42 Å². The second-order valence-electron chi connectivity index (χ2n) is 5.87. The first kappa shape index (κ1) is 19.0. The van der Waals surface area contributed by atoms with Crippen LogP contribution >= 0.6 is 0 Å². The minimum atomic E-state index is -0.407. The fourth-order valence-electron chi connectivity index (χ4n) is 2.46. The number of ether oxygens (including phenoxy) is 1. The first-order valence-electron chi connectivity index (χ1n) is 8.40. The van der Waals surface area contributed by atoms with Gasteiger partial charge < -0.3 is 9.15 Å². The summed E-state index contributed by atoms with van der Waals surface area (Å²) in [5, 5.41) is 3.86. The molecule has 0 aliphatic carbocycles. The molecule has 0 radical (unpaired) electrons. The molecule has 142 valence electrons. The summed E-state index contributed by atoms with van der Waals surface area (Å²) in [6, 6.07) is 15.9. The molecule has 6 nitrogen and oxygen atoms in total. The zero-order valence-corrected chi connectivity index (χ0v) is 15.0. The second-order valence-corrected chi connectivity index (χ2v) is 5.87. The Morgan fingerprint density at radius 3 is 2.46 bits per heavy atom. The lowest BCUT2D eigenvalue weighted by Crippen LogP contribution is -2.19. The lowest BCUT2D eigenvalue weighted by Gasteiger charge is -2.01. The normalized spacial score (nSPS) is 10.8. The maximum absolute atomic E-state index is 12.9. The number of hydrogen-bond donors (Lipinski definition) is 1. The molecule has 0 aliphatic heterocycles. The van der Waals surface area contributed by atoms with Crippen molar-refractivity contribution in [1.82, 2.24) is 5.43 Å². The smallest absolute Gasteiger partial charge is 0.337 e. The van der Waals surface area contributed by atoms with Gasteiger partial charge in [0.2, 0.25) is 5.91 Å². The quantitative estimate of drug-likeness (QED) is 0.403. The Bertz CT molecular complexity index is 992. The van der Waals surface area contributed by atoms with E-state index in [0.717, 1.165) is 5.56 Å². The van der Waals surface area contributed by atoms with Crippen LogP contribution in [0.2, 0.25) is 0 Å². The average molecular weight is 380 g/mol. The Hall–Kier alpha value is -3.74. The Labute approximate surface area is 160 Å². The number of furan rings is 1. The first-order valence-corrected chi connectivity index (χ1v) is 8.40. The summed E-state index contributed by atoms with van der Waals surface area (Å²) in [5.74, 6) is -0.0383. The fraction of sp³-hybridized carbons (Fsp3) is 0.0952. The van der Waals surface area contributed by atoms with E-state index in [0.29, 0.717) is 22.6 Å². The molecular formula is C21H17FN2O4. The SMILES string of the molecule is COC(=O)c1ccc(-c2ccc(/C=N/NC(=O)Cc3ccc(F)cc3)o2)cc1. The van der Waals surface area contributed by atoms with Gasteiger partial charge in [0, 0.05) is 5.56 Å². The summed E-state index contributed by atoms with van der Waals surface area (Å²) in [4.78, 5) is 23.3. The second kappa shape index (κ2) is 8.77. The average Bonchev–Trinajstić information content (AvgIpc) is 3.18. The molecule has 1 N–H and O–H groups in total. The van der Waals surface area contributed by atoms with Crippen molar-refractivity contribution in [1.29, 1.82) is 0 Å². The highest BCUT2D eigenvalue weighted by Gasteiger charge is 2.08. The minimum absolute atomic E-state index is 0.0908. The molecule has 0 saturated heterocycles. The maximum Gasteiger partial charge on any atom is 0.337 e. The van der Waals surface area contributed by atoms with Gasteiger partial charge in [-0.2, -0.15) is 5.10 Å². The van der Waals surface area contributed by atoms with Gasteiger partial charge in [-0.25, -0.2) is 14.6 Å². The van der Waals surface area contributed by atoms with Crippen LogP contribution in [-0.4, -0.2) is 25.2 Å². The number of amides is 1. The monoisotopic (exact) mass is 380 g/mol. The molecule has 1 amide bonds. The van der Waals surface area contributed by atoms with E-state index in [1.54, 1.807) is 48.5 Å². The van der Waals surface area contributed by atoms with Crippen LogP contribution in [0.3, 0.4) is 0 Å². The molecule has 0 bridgehead atoms. The lowest BCUT2D eigenvalue weighted by atomic mass is 10.1. The lowest BCUT2D eigenvalue weighted by molar-refractivity contribution is -0.120. The van der Waals surface area contributed by atoms with Crippen LogP contribution in [0.1, 0.15) is 21.7 Å². The van der Waals surface area contributed by atoms with Crippen molar-refractivity contribution in [2.24, 2.45) is 5.10 Å². The summed E-state index contributed by atoms with van der Waals surface area (Å²) < 4.78 is 23.2. The highest BCUT2D eigenvalue weighted by Crippen LogP contribution is 2.22. The van der Waals surface area contributed by atoms with E-state index in [1.165, 1.54) is 25.5 Å². The van der Waals surface area contributed by atoms with E-state index >= 15 is 0 Å². The molecule has 1 aromatic heterocycles. The van der Waals surface area contributed by atoms with E-state index in [4.69, 9.17) is 4.42 Å². The highest BCUT2D eigenvalue weighted by atomic mass is 19.1. The van der Waals surface area contributed by atoms with Crippen LogP contribution < -0.4 is 5.43 Å². The standard InChI is InChI=1S/C21H17FN2O4/c1-27-21(26)16-6-4-15(5-7-16)19-11-10-18(28-19)13-23-24-20(25)12-14-2-8-17(22)9-3-14/h2-11,13H,12H2,1H3,(H,24,25)/b23-13+. The van der Waals surface area contributed by atoms with Gasteiger partial charge >= 0.3 is 5.97 Å². The van der Waals surface area contributed by atoms with Gasteiger partial charge in [0.25, 0.3) is 0 Å². The van der Waals surface area contributed by atoms with Crippen LogP contribution in [-0.2, 0) is 16.0 Å². The van der Waals surface area contributed by atoms with Gasteiger partial charge in [-0.1, -0.05) is 24.3 Å². The van der Waals surface area contributed by atoms with Crippen molar-refractivity contribution < 1.29 is 23.1 Å². The van der Waals surface area contributed by atoms with E-state index in [2.05, 4.69) is 15.3 Å². The van der Waals surface area contributed by atoms with Gasteiger partial charge in [0.05, 0.1) is 25.3 Å². The molecule has 28 heavy (non-hydrogen) atoms. The number of benzene rings is 2. The van der Waals surface area contributed by atoms with Crippen LogP contribution in [0.25, 0.3) is 11.3 Å². The number of esters is 1. The third-order valence-electron chi connectivity index (χ3n) is 3.88. The third kappa shape index (κ3) is 4.91. The predicted octanol–water partition coefficient (Wildman–Crippen LogP) is 3.57. The van der Waals surface area contributed by atoms with Crippen LogP contribution in [0.4, 0.5) is 4.39 Å². The number of hydrogen-bond acceptors (Lipinski definition) is 5. The van der Waals surface area contributed by atoms with Gasteiger partial charge in [-0.05, 0) is 42.0 Å². The number of hydrazone groups is 1. The minimum Gasteiger partial charge on any atom is -0.465 e. The van der Waals surface area contributed by atoms with Gasteiger partial charge in [0.1, 0.15) is 17.3 Å². The highest BCUT2D eigenvalue weighted by molar-refractivity contribution is 5.90. The summed E-state index contributed by atoms with van der Waals surface area (Å²) in [6.45, 7) is 0. The number of methoxy groups -OCH3 is 1. The van der Waals surface area contributed by atoms with Crippen molar-refractivity contribution >= 4 is 18.1 Å². The molecule has 0 atom stereocenters. The van der Waals surface area contributed by atoms with E-state index in [9.17, 15) is 14.0 Å². The number of carbonyl (C=O) groups is 2. The molecule has 0 saturated carbocycles. The Morgan fingerprint density at radius 2 is 1.79 bits per heavy atom. The van der Waals surface area contributed by atoms with E-state index in [-0.39, 0.29) is 18.1 Å². The van der Waals surface area contributed by atoms with Gasteiger partial charge in [-0.15, -0.1) is 0 Å². The molecule has 3 aromatic rings. The van der Waals surface area contributed by atoms with Crippen molar-refractivity contribution in [2.75, 3.05) is 7.11 Å². The number of carbonyl (C=O) groups excluding carboxylic acids is 2. The number of nitrogens with zero attached hydrogens (tertiary/aromatic N) is 1. The van der Waals surface area contributed by atoms with Crippen LogP contribution in [0.5, 0.6) is 0 Å². The third-order valence-corrected chi connectivity index (χ3v) is 3.88. The molecule has 0 spiro atoms. The van der Waals surface area contributed by atoms with Gasteiger partial charge in [-0.3, -0.25) is 4.79 Å². The molecule has 0 fully saturated rings. The Balaban J connectivity index is 1.57. The molecule has 3 rings (SSSR count). The molecule has 0 aliphatic rings. The molecule has 0 unspecified atom stereocenters. The molecule has 2 aromatic carbocycles. The first-order chi connectivity index (χ1) is 13.5. The van der Waals surface area contributed by atoms with Crippen molar-refractivity contribution in [3.8, 4) is 11.3 Å². The van der Waals surface area contributed by atoms with Gasteiger partial charge in [0.15, 0.2) is 0 Å². The largest absolute Gasteiger partial charge is 0.465 e. The topological polar surface area (TPSA) is 80.9 Å². The van der Waals surface area contributed by atoms with Crippen LogP contribution in [0, 0.1) is 5.82 Å². The van der Waals surface area contributed by atoms with E-state index in [1.807, 2.05) is 0 Å². The summed E-state index contributed by atoms with van der Waals surface area (Å²) >= 11 is 0. The summed E-state index contributed by atoms with van der Waals surface area (Å²) in [6.07, 6.45) is 1.47. The van der Waals surface area contributed by atoms with Crippen molar-refractivity contribution in [3.05, 3.63) is 83.4 Å². The number of nitrogens with one attached hydrogen (secondary N) is 1.